The van der Waals surface area contributed by atoms with Gasteiger partial charge >= 0.3 is 11.9 Å². The van der Waals surface area contributed by atoms with Gasteiger partial charge in [0.2, 0.25) is 0 Å². The summed E-state index contributed by atoms with van der Waals surface area (Å²) in [6.07, 6.45) is 1.29. The molecular formula is C21H24N2O7. The lowest BCUT2D eigenvalue weighted by atomic mass is 9.97. The molecule has 0 N–H and O–H groups in total. The fourth-order valence-corrected chi connectivity index (χ4v) is 3.66. The highest BCUT2D eigenvalue weighted by molar-refractivity contribution is 6.21. The van der Waals surface area contributed by atoms with Crippen molar-refractivity contribution < 1.29 is 33.4 Å². The largest absolute Gasteiger partial charge is 0.469 e. The smallest absolute Gasteiger partial charge is 0.308 e. The number of ether oxygens (including phenoxy) is 2. The number of fused-ring (bicyclic) bond motifs is 1. The molecule has 1 saturated heterocycles. The zero-order valence-electron chi connectivity index (χ0n) is 16.8. The van der Waals surface area contributed by atoms with Crippen molar-refractivity contribution in [1.82, 2.24) is 9.80 Å². The molecule has 3 rings (SSSR count). The van der Waals surface area contributed by atoms with Crippen LogP contribution >= 0.6 is 0 Å². The Kier molecular flexibility index (Phi) is 6.81. The summed E-state index contributed by atoms with van der Waals surface area (Å²) in [5.74, 6) is -2.09. The summed E-state index contributed by atoms with van der Waals surface area (Å²) < 4.78 is 9.74. The lowest BCUT2D eigenvalue weighted by Crippen LogP contribution is -2.42. The molecule has 0 radical (unpaired) electrons. The van der Waals surface area contributed by atoms with Gasteiger partial charge in [0, 0.05) is 26.1 Å². The molecule has 3 amide bonds. The van der Waals surface area contributed by atoms with E-state index in [1.54, 1.807) is 29.2 Å². The standard InChI is InChI=1S/C21H24N2O7/c1-29-21(28)14-8-11-22(12-9-14)17(24)13-30-18(25)7-4-10-23-19(26)15-5-2-3-6-16(15)20(23)27/h2-3,5-6,14H,4,7-13H2,1H3. The van der Waals surface area contributed by atoms with Crippen molar-refractivity contribution >= 4 is 29.7 Å². The second kappa shape index (κ2) is 9.51. The van der Waals surface area contributed by atoms with Crippen LogP contribution in [-0.2, 0) is 23.9 Å². The Morgan fingerprint density at radius 2 is 1.63 bits per heavy atom. The molecule has 30 heavy (non-hydrogen) atoms. The maximum absolute atomic E-state index is 12.3. The van der Waals surface area contributed by atoms with E-state index in [0.717, 1.165) is 4.90 Å². The van der Waals surface area contributed by atoms with Crippen molar-refractivity contribution in [3.63, 3.8) is 0 Å². The van der Waals surface area contributed by atoms with Crippen molar-refractivity contribution in [1.29, 1.82) is 0 Å². The van der Waals surface area contributed by atoms with E-state index in [1.165, 1.54) is 7.11 Å². The molecule has 1 aromatic carbocycles. The average molecular weight is 416 g/mol. The van der Waals surface area contributed by atoms with E-state index in [9.17, 15) is 24.0 Å². The van der Waals surface area contributed by atoms with Gasteiger partial charge < -0.3 is 14.4 Å². The van der Waals surface area contributed by atoms with Crippen LogP contribution in [-0.4, -0.2) is 72.8 Å². The van der Waals surface area contributed by atoms with E-state index in [2.05, 4.69) is 0 Å². The summed E-state index contributed by atoms with van der Waals surface area (Å²) in [5, 5.41) is 0. The molecule has 2 aliphatic heterocycles. The normalized spacial score (nSPS) is 16.4. The highest BCUT2D eigenvalue weighted by atomic mass is 16.5. The van der Waals surface area contributed by atoms with Crippen LogP contribution in [0, 0.1) is 5.92 Å². The third-order valence-corrected chi connectivity index (χ3v) is 5.38. The van der Waals surface area contributed by atoms with Gasteiger partial charge in [-0.25, -0.2) is 0 Å². The lowest BCUT2D eigenvalue weighted by molar-refractivity contribution is -0.154. The minimum atomic E-state index is -0.565. The summed E-state index contributed by atoms with van der Waals surface area (Å²) in [6, 6.07) is 6.59. The van der Waals surface area contributed by atoms with E-state index >= 15 is 0 Å². The summed E-state index contributed by atoms with van der Waals surface area (Å²) in [7, 11) is 1.34. The number of imide groups is 1. The SMILES string of the molecule is COC(=O)C1CCN(C(=O)COC(=O)CCCN2C(=O)c3ccccc3C2=O)CC1. The summed E-state index contributed by atoms with van der Waals surface area (Å²) in [4.78, 5) is 62.8. The molecule has 9 nitrogen and oxygen atoms in total. The molecule has 0 atom stereocenters. The molecule has 0 spiro atoms. The molecule has 0 unspecified atom stereocenters. The first-order valence-corrected chi connectivity index (χ1v) is 9.88. The number of esters is 2. The molecule has 160 valence electrons. The van der Waals surface area contributed by atoms with Crippen molar-refractivity contribution in [2.45, 2.75) is 25.7 Å². The van der Waals surface area contributed by atoms with Crippen LogP contribution in [0.5, 0.6) is 0 Å². The third kappa shape index (κ3) is 4.67. The van der Waals surface area contributed by atoms with Crippen molar-refractivity contribution in [2.24, 2.45) is 5.92 Å². The Morgan fingerprint density at radius 3 is 2.20 bits per heavy atom. The van der Waals surface area contributed by atoms with Crippen molar-refractivity contribution in [3.05, 3.63) is 35.4 Å². The van der Waals surface area contributed by atoms with Crippen LogP contribution in [0.1, 0.15) is 46.4 Å². The topological polar surface area (TPSA) is 110 Å². The monoisotopic (exact) mass is 416 g/mol. The van der Waals surface area contributed by atoms with Gasteiger partial charge in [-0.1, -0.05) is 12.1 Å². The quantitative estimate of drug-likeness (QED) is 0.482. The van der Waals surface area contributed by atoms with Gasteiger partial charge in [-0.15, -0.1) is 0 Å². The van der Waals surface area contributed by atoms with Crippen LogP contribution in [0.3, 0.4) is 0 Å². The molecule has 2 aliphatic rings. The number of hydrogen-bond acceptors (Lipinski definition) is 7. The summed E-state index contributed by atoms with van der Waals surface area (Å²) in [6.45, 7) is 0.566. The maximum atomic E-state index is 12.3. The number of nitrogens with zero attached hydrogens (tertiary/aromatic N) is 2. The fraction of sp³-hybridized carbons (Fsp3) is 0.476. The number of piperidine rings is 1. The Bertz CT molecular complexity index is 824. The van der Waals surface area contributed by atoms with Gasteiger partial charge in [-0.3, -0.25) is 28.9 Å². The Balaban J connectivity index is 1.36. The Morgan fingerprint density at radius 1 is 1.03 bits per heavy atom. The number of carbonyl (C=O) groups excluding carboxylic acids is 5. The molecule has 2 heterocycles. The van der Waals surface area contributed by atoms with Crippen LogP contribution in [0.2, 0.25) is 0 Å². The van der Waals surface area contributed by atoms with Gasteiger partial charge in [-0.2, -0.15) is 0 Å². The molecule has 9 heteroatoms. The minimum absolute atomic E-state index is 0.00883. The number of carbonyl (C=O) groups is 5. The van der Waals surface area contributed by atoms with Crippen molar-refractivity contribution in [3.8, 4) is 0 Å². The predicted molar refractivity (Wildman–Crippen MR) is 103 cm³/mol. The number of amides is 3. The first kappa shape index (κ1) is 21.5. The van der Waals surface area contributed by atoms with E-state index in [1.807, 2.05) is 0 Å². The second-order valence-corrected chi connectivity index (χ2v) is 7.25. The fourth-order valence-electron chi connectivity index (χ4n) is 3.66. The number of methoxy groups -OCH3 is 1. The van der Waals surface area contributed by atoms with E-state index in [-0.39, 0.29) is 55.6 Å². The van der Waals surface area contributed by atoms with Crippen LogP contribution in [0.15, 0.2) is 24.3 Å². The summed E-state index contributed by atoms with van der Waals surface area (Å²) in [5.41, 5.74) is 0.735. The highest BCUT2D eigenvalue weighted by Gasteiger charge is 2.34. The molecule has 1 fully saturated rings. The number of benzene rings is 1. The molecule has 0 aromatic heterocycles. The number of likely N-dealkylation sites (tertiary alicyclic amines) is 1. The predicted octanol–water partition coefficient (Wildman–Crippen LogP) is 1.02. The van der Waals surface area contributed by atoms with Gasteiger partial charge in [0.15, 0.2) is 6.61 Å². The molecule has 0 saturated carbocycles. The van der Waals surface area contributed by atoms with Gasteiger partial charge in [0.25, 0.3) is 17.7 Å². The van der Waals surface area contributed by atoms with Gasteiger partial charge in [0.05, 0.1) is 24.2 Å². The Hall–Kier alpha value is -3.23. The average Bonchev–Trinajstić information content (AvgIpc) is 3.02. The first-order valence-electron chi connectivity index (χ1n) is 9.88. The van der Waals surface area contributed by atoms with E-state index < -0.39 is 5.97 Å². The second-order valence-electron chi connectivity index (χ2n) is 7.25. The van der Waals surface area contributed by atoms with Crippen LogP contribution < -0.4 is 0 Å². The molecule has 0 bridgehead atoms. The Labute approximate surface area is 173 Å². The highest BCUT2D eigenvalue weighted by Crippen LogP contribution is 2.22. The minimum Gasteiger partial charge on any atom is -0.469 e. The van der Waals surface area contributed by atoms with Gasteiger partial charge in [-0.05, 0) is 31.4 Å². The zero-order valence-corrected chi connectivity index (χ0v) is 16.8. The lowest BCUT2D eigenvalue weighted by Gasteiger charge is -2.30. The van der Waals surface area contributed by atoms with Crippen LogP contribution in [0.25, 0.3) is 0 Å². The van der Waals surface area contributed by atoms with E-state index in [4.69, 9.17) is 9.47 Å². The van der Waals surface area contributed by atoms with Crippen LogP contribution in [0.4, 0.5) is 0 Å². The maximum Gasteiger partial charge on any atom is 0.308 e. The summed E-state index contributed by atoms with van der Waals surface area (Å²) >= 11 is 0. The molecule has 0 aliphatic carbocycles. The van der Waals surface area contributed by atoms with Gasteiger partial charge in [0.1, 0.15) is 0 Å². The zero-order chi connectivity index (χ0) is 21.7. The first-order chi connectivity index (χ1) is 14.4. The third-order valence-electron chi connectivity index (χ3n) is 5.38. The molecular weight excluding hydrogens is 392 g/mol. The molecule has 1 aromatic rings. The number of rotatable bonds is 7. The van der Waals surface area contributed by atoms with Crippen molar-refractivity contribution in [2.75, 3.05) is 33.4 Å². The van der Waals surface area contributed by atoms with E-state index in [0.29, 0.717) is 37.1 Å². The number of hydrogen-bond donors (Lipinski definition) is 0.